The molecule has 2 aromatic carbocycles. The number of amides is 1. The molecule has 182 valence electrons. The molecule has 2 aromatic rings. The quantitative estimate of drug-likeness (QED) is 0.262. The van der Waals surface area contributed by atoms with Crippen LogP contribution in [0.3, 0.4) is 0 Å². The van der Waals surface area contributed by atoms with Gasteiger partial charge in [-0.05, 0) is 62.6 Å². The second-order valence-corrected chi connectivity index (χ2v) is 9.75. The third-order valence-corrected chi connectivity index (χ3v) is 5.37. The second kappa shape index (κ2) is 9.06. The first kappa shape index (κ1) is 25.7. The van der Waals surface area contributed by atoms with E-state index in [1.165, 1.54) is 41.3 Å². The smallest absolute Gasteiger partial charge is 0.417 e. The Hall–Kier alpha value is -2.87. The van der Waals surface area contributed by atoms with Gasteiger partial charge in [-0.2, -0.15) is 13.2 Å². The summed E-state index contributed by atoms with van der Waals surface area (Å²) in [6.45, 7) is 6.27. The van der Waals surface area contributed by atoms with Crippen molar-refractivity contribution < 1.29 is 31.9 Å². The first-order valence-corrected chi connectivity index (χ1v) is 10.8. The Bertz CT molecular complexity index is 1110. The number of benzene rings is 2. The highest BCUT2D eigenvalue weighted by Gasteiger charge is 2.48. The van der Waals surface area contributed by atoms with E-state index in [1.807, 2.05) is 0 Å². The van der Waals surface area contributed by atoms with Crippen molar-refractivity contribution in [3.8, 4) is 0 Å². The number of hydrogen-bond acceptors (Lipinski definition) is 3. The topological polar surface area (TPSA) is 46.6 Å². The zero-order valence-electron chi connectivity index (χ0n) is 19.1. The maximum absolute atomic E-state index is 15.2. The van der Waals surface area contributed by atoms with Gasteiger partial charge < -0.3 is 9.64 Å². The largest absolute Gasteiger partial charge is 0.444 e. The monoisotopic (exact) mass is 497 g/mol. The number of halogens is 5. The van der Waals surface area contributed by atoms with Crippen molar-refractivity contribution in [2.24, 2.45) is 0 Å². The van der Waals surface area contributed by atoms with Crippen molar-refractivity contribution >= 4 is 29.1 Å². The van der Waals surface area contributed by atoms with Crippen LogP contribution in [0, 0.1) is 6.92 Å². The van der Waals surface area contributed by atoms with Crippen LogP contribution >= 0.6 is 11.6 Å². The molecule has 1 aliphatic heterocycles. The lowest BCUT2D eigenvalue weighted by atomic mass is 9.87. The molecule has 1 fully saturated rings. The molecule has 34 heavy (non-hydrogen) atoms. The van der Waals surface area contributed by atoms with E-state index in [-0.39, 0.29) is 34.8 Å². The van der Waals surface area contributed by atoms with Crippen LogP contribution in [-0.4, -0.2) is 41.6 Å². The summed E-state index contributed by atoms with van der Waals surface area (Å²) in [6, 6.07) is 9.16. The van der Waals surface area contributed by atoms with E-state index in [1.54, 1.807) is 27.7 Å². The van der Waals surface area contributed by atoms with E-state index in [4.69, 9.17) is 16.3 Å². The van der Waals surface area contributed by atoms with Crippen molar-refractivity contribution in [2.45, 2.75) is 45.1 Å². The number of allylic oxidation sites excluding steroid dienone is 2. The summed E-state index contributed by atoms with van der Waals surface area (Å²) in [6.07, 6.45) is -4.90. The Morgan fingerprint density at radius 2 is 1.62 bits per heavy atom. The lowest BCUT2D eigenvalue weighted by molar-refractivity contribution is -0.0690. The van der Waals surface area contributed by atoms with E-state index < -0.39 is 34.9 Å². The van der Waals surface area contributed by atoms with Gasteiger partial charge in [0, 0.05) is 10.6 Å². The molecule has 3 rings (SSSR count). The van der Waals surface area contributed by atoms with Gasteiger partial charge in [-0.3, -0.25) is 4.79 Å². The Balaban J connectivity index is 1.78. The van der Waals surface area contributed by atoms with Crippen molar-refractivity contribution in [3.63, 3.8) is 0 Å². The highest BCUT2D eigenvalue weighted by Crippen LogP contribution is 2.38. The molecule has 0 unspecified atom stereocenters. The molecule has 4 nitrogen and oxygen atoms in total. The fourth-order valence-corrected chi connectivity index (χ4v) is 3.85. The summed E-state index contributed by atoms with van der Waals surface area (Å²) < 4.78 is 61.4. The van der Waals surface area contributed by atoms with E-state index in [9.17, 15) is 22.8 Å². The molecule has 0 atom stereocenters. The second-order valence-electron chi connectivity index (χ2n) is 9.32. The van der Waals surface area contributed by atoms with Crippen LogP contribution in [0.25, 0.3) is 5.57 Å². The molecule has 0 bridgehead atoms. The van der Waals surface area contributed by atoms with Gasteiger partial charge in [0.25, 0.3) is 0 Å². The number of aryl methyl sites for hydroxylation is 1. The van der Waals surface area contributed by atoms with Crippen LogP contribution in [0.4, 0.5) is 22.4 Å². The summed E-state index contributed by atoms with van der Waals surface area (Å²) in [5, 5.41) is 0.121. The maximum atomic E-state index is 15.2. The predicted molar refractivity (Wildman–Crippen MR) is 122 cm³/mol. The lowest BCUT2D eigenvalue weighted by Crippen LogP contribution is -2.59. The maximum Gasteiger partial charge on any atom is 0.417 e. The van der Waals surface area contributed by atoms with Crippen LogP contribution < -0.4 is 0 Å². The SMILES string of the molecule is Cc1cc(Cl)cc(/C(=C\C(=O)c2ccc(C3(F)CN(C(=O)OC(C)(C)C)C3)cc2)C(F)(F)F)c1. The average molecular weight is 498 g/mol. The molecule has 0 aromatic heterocycles. The number of nitrogens with zero attached hydrogens (tertiary/aromatic N) is 1. The molecule has 1 aliphatic rings. The van der Waals surface area contributed by atoms with E-state index in [2.05, 4.69) is 0 Å². The minimum absolute atomic E-state index is 0.0313. The number of hydrogen-bond donors (Lipinski definition) is 0. The summed E-state index contributed by atoms with van der Waals surface area (Å²) in [7, 11) is 0. The normalized spacial score (nSPS) is 16.1. The highest BCUT2D eigenvalue weighted by atomic mass is 35.5. The van der Waals surface area contributed by atoms with Crippen molar-refractivity contribution in [1.82, 2.24) is 4.90 Å². The first-order valence-electron chi connectivity index (χ1n) is 10.5. The minimum Gasteiger partial charge on any atom is -0.444 e. The molecule has 9 heteroatoms. The van der Waals surface area contributed by atoms with Crippen molar-refractivity contribution in [3.05, 3.63) is 75.8 Å². The highest BCUT2D eigenvalue weighted by molar-refractivity contribution is 6.30. The molecule has 0 spiro atoms. The molecular weight excluding hydrogens is 474 g/mol. The van der Waals surface area contributed by atoms with Crippen molar-refractivity contribution in [1.29, 1.82) is 0 Å². The van der Waals surface area contributed by atoms with Gasteiger partial charge >= 0.3 is 12.3 Å². The molecular formula is C25H24ClF4NO3. The number of alkyl halides is 4. The van der Waals surface area contributed by atoms with Gasteiger partial charge in [0.05, 0.1) is 18.7 Å². The Kier molecular flexibility index (Phi) is 6.86. The molecule has 1 saturated heterocycles. The van der Waals surface area contributed by atoms with Crippen LogP contribution in [0.2, 0.25) is 5.02 Å². The van der Waals surface area contributed by atoms with Gasteiger partial charge in [-0.15, -0.1) is 0 Å². The number of ether oxygens (including phenoxy) is 1. The van der Waals surface area contributed by atoms with E-state index in [0.29, 0.717) is 11.6 Å². The minimum atomic E-state index is -4.78. The average Bonchev–Trinajstić information content (AvgIpc) is 2.66. The zero-order chi connectivity index (χ0) is 25.5. The van der Waals surface area contributed by atoms with Crippen LogP contribution in [-0.2, 0) is 10.4 Å². The van der Waals surface area contributed by atoms with Gasteiger partial charge in [-0.1, -0.05) is 41.9 Å². The molecule has 0 saturated carbocycles. The number of carbonyl (C=O) groups is 2. The lowest BCUT2D eigenvalue weighted by Gasteiger charge is -2.44. The van der Waals surface area contributed by atoms with E-state index in [0.717, 1.165) is 6.07 Å². The van der Waals surface area contributed by atoms with Gasteiger partial charge in [-0.25, -0.2) is 9.18 Å². The summed E-state index contributed by atoms with van der Waals surface area (Å²) in [5.41, 5.74) is -3.18. The van der Waals surface area contributed by atoms with Crippen LogP contribution in [0.1, 0.15) is 47.8 Å². The number of likely N-dealkylation sites (tertiary alicyclic amines) is 1. The van der Waals surface area contributed by atoms with Gasteiger partial charge in [0.2, 0.25) is 0 Å². The van der Waals surface area contributed by atoms with Crippen molar-refractivity contribution in [2.75, 3.05) is 13.1 Å². The number of ketones is 1. The Morgan fingerprint density at radius 1 is 1.03 bits per heavy atom. The number of carbonyl (C=O) groups excluding carboxylic acids is 2. The molecule has 0 radical (unpaired) electrons. The van der Waals surface area contributed by atoms with E-state index >= 15 is 4.39 Å². The fourth-order valence-electron chi connectivity index (χ4n) is 3.57. The molecule has 1 heterocycles. The Morgan fingerprint density at radius 3 is 2.12 bits per heavy atom. The predicted octanol–water partition coefficient (Wildman–Crippen LogP) is 6.89. The summed E-state index contributed by atoms with van der Waals surface area (Å²) >= 11 is 5.89. The number of rotatable bonds is 4. The molecule has 1 amide bonds. The standard InChI is InChI=1S/C25H24ClF4NO3/c1-15-9-17(11-19(26)10-15)20(25(28,29)30)12-21(32)16-5-7-18(8-6-16)24(27)13-31(14-24)22(33)34-23(2,3)4/h5-12H,13-14H2,1-4H3/b20-12+. The third-order valence-electron chi connectivity index (χ3n) is 5.16. The summed E-state index contributed by atoms with van der Waals surface area (Å²) in [5.74, 6) is -0.881. The Labute approximate surface area is 200 Å². The fraction of sp³-hybridized carbons (Fsp3) is 0.360. The van der Waals surface area contributed by atoms with Gasteiger partial charge in [0.15, 0.2) is 11.5 Å². The zero-order valence-corrected chi connectivity index (χ0v) is 19.9. The summed E-state index contributed by atoms with van der Waals surface area (Å²) in [4.78, 5) is 25.8. The molecule has 0 aliphatic carbocycles. The third kappa shape index (κ3) is 5.97. The molecule has 0 N–H and O–H groups in total. The van der Waals surface area contributed by atoms with Crippen LogP contribution in [0.5, 0.6) is 0 Å². The van der Waals surface area contributed by atoms with Crippen LogP contribution in [0.15, 0.2) is 48.5 Å². The van der Waals surface area contributed by atoms with Gasteiger partial charge in [0.1, 0.15) is 5.60 Å². The first-order chi connectivity index (χ1) is 15.6.